The monoisotopic (exact) mass is 709 g/mol. The van der Waals surface area contributed by atoms with E-state index in [1.54, 1.807) is 18.2 Å². The lowest BCUT2D eigenvalue weighted by Gasteiger charge is -2.28. The molecule has 3 atom stereocenters. The van der Waals surface area contributed by atoms with E-state index in [2.05, 4.69) is 88.5 Å². The van der Waals surface area contributed by atoms with Gasteiger partial charge in [0.15, 0.2) is 0 Å². The lowest BCUT2D eigenvalue weighted by atomic mass is 9.92. The molecule has 0 spiro atoms. The molecule has 12 nitrogen and oxygen atoms in total. The van der Waals surface area contributed by atoms with Gasteiger partial charge in [0.05, 0.1) is 42.6 Å². The van der Waals surface area contributed by atoms with E-state index in [0.717, 1.165) is 80.9 Å². The second-order valence-electron chi connectivity index (χ2n) is 14.4. The molecule has 0 saturated carbocycles. The van der Waals surface area contributed by atoms with Gasteiger partial charge in [0, 0.05) is 37.8 Å². The predicted molar refractivity (Wildman–Crippen MR) is 203 cm³/mol. The number of benzene rings is 3. The smallest absolute Gasteiger partial charge is 0.407 e. The number of H-pyrrole nitrogens is 2. The molecular weight excluding hydrogens is 658 g/mol. The Balaban J connectivity index is 1.22. The third-order valence-electron chi connectivity index (χ3n) is 9.95. The molecule has 6 rings (SSSR count). The molecule has 0 aliphatic carbocycles. The highest BCUT2D eigenvalue weighted by atomic mass is 16.5. The first-order chi connectivity index (χ1) is 25.0. The Hall–Kier alpha value is -4.94. The number of hydrogen-bond donors (Lipinski definition) is 3. The van der Waals surface area contributed by atoms with Gasteiger partial charge < -0.3 is 34.4 Å². The zero-order valence-electron chi connectivity index (χ0n) is 31.5. The molecule has 3 heterocycles. The summed E-state index contributed by atoms with van der Waals surface area (Å²) >= 11 is 0. The minimum absolute atomic E-state index is 0.111. The Morgan fingerprint density at radius 2 is 1.85 bits per heavy atom. The van der Waals surface area contributed by atoms with Gasteiger partial charge >= 0.3 is 6.09 Å². The summed E-state index contributed by atoms with van der Waals surface area (Å²) in [6, 6.07) is 14.4. The van der Waals surface area contributed by atoms with Crippen LogP contribution in [0.3, 0.4) is 0 Å². The summed E-state index contributed by atoms with van der Waals surface area (Å²) in [4.78, 5) is 46.2. The van der Waals surface area contributed by atoms with E-state index >= 15 is 0 Å². The molecule has 0 radical (unpaired) electrons. The first-order valence-electron chi connectivity index (χ1n) is 18.1. The number of amides is 2. The summed E-state index contributed by atoms with van der Waals surface area (Å²) in [6.07, 6.45) is 1.94. The molecule has 3 unspecified atom stereocenters. The minimum atomic E-state index is -0.701. The first-order valence-corrected chi connectivity index (χ1v) is 18.1. The number of hydrogen-bond acceptors (Lipinski definition) is 8. The molecule has 0 bridgehead atoms. The molecule has 0 fully saturated rings. The number of rotatable bonds is 14. The number of alkyl carbamates (subject to hydrolysis) is 1. The predicted octanol–water partition coefficient (Wildman–Crippen LogP) is 7.06. The minimum Gasteiger partial charge on any atom is -0.488 e. The number of aromatic amines is 2. The number of imidazole rings is 2. The summed E-state index contributed by atoms with van der Waals surface area (Å²) < 4.78 is 16.5. The van der Waals surface area contributed by atoms with Gasteiger partial charge in [-0.1, -0.05) is 45.9 Å². The van der Waals surface area contributed by atoms with Crippen LogP contribution in [0.25, 0.3) is 44.2 Å². The van der Waals surface area contributed by atoms with Crippen molar-refractivity contribution >= 4 is 33.8 Å². The van der Waals surface area contributed by atoms with E-state index < -0.39 is 12.1 Å². The van der Waals surface area contributed by atoms with Crippen molar-refractivity contribution in [2.45, 2.75) is 66.3 Å². The van der Waals surface area contributed by atoms with Crippen LogP contribution in [0.4, 0.5) is 4.79 Å². The molecular formula is C40H51N7O5. The van der Waals surface area contributed by atoms with Crippen LogP contribution in [0, 0.1) is 11.8 Å². The normalized spacial score (nSPS) is 14.2. The number of nitrogens with zero attached hydrogens (tertiary/aromatic N) is 4. The van der Waals surface area contributed by atoms with E-state index in [-0.39, 0.29) is 17.9 Å². The molecule has 276 valence electrons. The summed E-state index contributed by atoms with van der Waals surface area (Å²) in [7, 11) is 5.16. The Morgan fingerprint density at radius 3 is 2.58 bits per heavy atom. The van der Waals surface area contributed by atoms with Crippen LogP contribution in [0.15, 0.2) is 48.7 Å². The van der Waals surface area contributed by atoms with Gasteiger partial charge in [-0.25, -0.2) is 14.8 Å². The van der Waals surface area contributed by atoms with Crippen LogP contribution in [0.2, 0.25) is 0 Å². The number of carbonyl (C=O) groups excluding carboxylic acids is 2. The van der Waals surface area contributed by atoms with Crippen LogP contribution in [0.1, 0.15) is 64.3 Å². The van der Waals surface area contributed by atoms with Crippen molar-refractivity contribution in [3.63, 3.8) is 0 Å². The molecule has 0 saturated heterocycles. The largest absolute Gasteiger partial charge is 0.488 e. The number of fused-ring (bicyclic) bond motifs is 6. The maximum absolute atomic E-state index is 13.5. The molecule has 12 heteroatoms. The lowest BCUT2D eigenvalue weighted by Crippen LogP contribution is -2.51. The zero-order valence-corrected chi connectivity index (χ0v) is 31.5. The fourth-order valence-corrected chi connectivity index (χ4v) is 7.07. The molecule has 1 aliphatic heterocycles. The van der Waals surface area contributed by atoms with Gasteiger partial charge in [-0.15, -0.1) is 0 Å². The molecule has 52 heavy (non-hydrogen) atoms. The fraction of sp³-hybridized carbons (Fsp3) is 0.450. The maximum Gasteiger partial charge on any atom is 0.407 e. The second-order valence-corrected chi connectivity index (χ2v) is 14.4. The van der Waals surface area contributed by atoms with Crippen LogP contribution in [-0.4, -0.2) is 88.7 Å². The van der Waals surface area contributed by atoms with Crippen molar-refractivity contribution in [2.75, 3.05) is 41.0 Å². The van der Waals surface area contributed by atoms with Crippen molar-refractivity contribution in [1.82, 2.24) is 35.1 Å². The van der Waals surface area contributed by atoms with Gasteiger partial charge in [-0.2, -0.15) is 0 Å². The summed E-state index contributed by atoms with van der Waals surface area (Å²) in [6.45, 7) is 13.1. The average molecular weight is 710 g/mol. The number of methoxy groups -OCH3 is 2. The van der Waals surface area contributed by atoms with E-state index in [0.29, 0.717) is 31.4 Å². The lowest BCUT2D eigenvalue weighted by molar-refractivity contribution is -0.135. The van der Waals surface area contributed by atoms with Gasteiger partial charge in [-0.3, -0.25) is 9.69 Å². The molecule has 2 amide bonds. The number of aromatic nitrogens is 4. The molecule has 2 aromatic heterocycles. The van der Waals surface area contributed by atoms with Gasteiger partial charge in [0.25, 0.3) is 0 Å². The number of nitrogens with one attached hydrogen (secondary N) is 3. The zero-order chi connectivity index (χ0) is 37.1. The van der Waals surface area contributed by atoms with Crippen molar-refractivity contribution in [3.05, 3.63) is 65.9 Å². The number of carbonyl (C=O) groups is 2. The van der Waals surface area contributed by atoms with Crippen LogP contribution in [0.5, 0.6) is 5.75 Å². The summed E-state index contributed by atoms with van der Waals surface area (Å²) in [5, 5.41) is 4.85. The van der Waals surface area contributed by atoms with Crippen LogP contribution >= 0.6 is 0 Å². The van der Waals surface area contributed by atoms with Crippen molar-refractivity contribution in [3.8, 4) is 28.1 Å². The number of ether oxygens (including phenoxy) is 3. The van der Waals surface area contributed by atoms with Gasteiger partial charge in [0.2, 0.25) is 5.91 Å². The fourth-order valence-electron chi connectivity index (χ4n) is 7.07. The first kappa shape index (κ1) is 36.8. The Labute approximate surface area is 305 Å². The Bertz CT molecular complexity index is 2050. The third-order valence-corrected chi connectivity index (χ3v) is 9.95. The van der Waals surface area contributed by atoms with Gasteiger partial charge in [0.1, 0.15) is 30.0 Å². The highest BCUT2D eigenvalue weighted by molar-refractivity contribution is 6.07. The standard InChI is InChI=1S/C40H51N7O5/c1-9-14-47(39(48)36(23(2)3)45-40(49)51-8)20-35-41-18-33(42-35)27-10-12-29-28(15-27)22-52-34-17-30-26(16-31(29)34)11-13-32-37(30)44-38(43-32)25(5)46(6)19-24(4)21-50-7/h10-13,15-18,23-25,36H,9,14,19-22H2,1-8H3,(H,41,42)(H,43,44)(H,45,49). The summed E-state index contributed by atoms with van der Waals surface area (Å²) in [5.74, 6) is 2.58. The quantitative estimate of drug-likeness (QED) is 0.112. The van der Waals surface area contributed by atoms with E-state index in [9.17, 15) is 9.59 Å². The highest BCUT2D eigenvalue weighted by Crippen LogP contribution is 2.42. The molecule has 1 aliphatic rings. The van der Waals surface area contributed by atoms with Gasteiger partial charge in [-0.05, 0) is 78.6 Å². The van der Waals surface area contributed by atoms with Crippen LogP contribution in [-0.2, 0) is 27.4 Å². The second kappa shape index (κ2) is 15.7. The van der Waals surface area contributed by atoms with E-state index in [1.165, 1.54) is 7.11 Å². The van der Waals surface area contributed by atoms with Crippen molar-refractivity contribution in [1.29, 1.82) is 0 Å². The highest BCUT2D eigenvalue weighted by Gasteiger charge is 2.29. The van der Waals surface area contributed by atoms with Crippen molar-refractivity contribution in [2.24, 2.45) is 11.8 Å². The van der Waals surface area contributed by atoms with Crippen LogP contribution < -0.4 is 10.1 Å². The molecule has 5 aromatic rings. The SMILES string of the molecule is CCCN(Cc1ncc(-c2ccc3c(c2)COc2cc4c(ccc5[nH]c(C(C)N(C)CC(C)COC)nc54)cc2-3)[nH]1)C(=O)C(NC(=O)OC)C(C)C. The van der Waals surface area contributed by atoms with E-state index in [4.69, 9.17) is 19.2 Å². The Kier molecular flexibility index (Phi) is 11.2. The average Bonchev–Trinajstić information content (AvgIpc) is 3.79. The summed E-state index contributed by atoms with van der Waals surface area (Å²) in [5.41, 5.74) is 7.05. The third kappa shape index (κ3) is 7.63. The van der Waals surface area contributed by atoms with E-state index in [1.807, 2.05) is 20.8 Å². The molecule has 3 aromatic carbocycles. The van der Waals surface area contributed by atoms with Crippen molar-refractivity contribution < 1.29 is 23.8 Å². The topological polar surface area (TPSA) is 138 Å². The maximum atomic E-state index is 13.5. The Morgan fingerprint density at radius 1 is 1.04 bits per heavy atom. The molecule has 3 N–H and O–H groups in total.